The predicted molar refractivity (Wildman–Crippen MR) is 67.5 cm³/mol. The first-order valence-electron chi connectivity index (χ1n) is 6.13. The predicted octanol–water partition coefficient (Wildman–Crippen LogP) is -2.88. The number of hydrogen-bond donors (Lipinski definition) is 7. The van der Waals surface area contributed by atoms with Gasteiger partial charge in [0, 0.05) is 6.54 Å². The molecule has 0 rings (SSSR count). The Bertz CT molecular complexity index is 426. The van der Waals surface area contributed by atoms with Crippen molar-refractivity contribution >= 4 is 23.9 Å². The molecule has 0 bridgehead atoms. The van der Waals surface area contributed by atoms with Gasteiger partial charge in [-0.1, -0.05) is 0 Å². The number of ether oxygens (including phenoxy) is 1. The number of carbonyl (C=O) groups excluding carboxylic acids is 1. The Kier molecular flexibility index (Phi) is 7.55. The summed E-state index contributed by atoms with van der Waals surface area (Å²) in [5.41, 5.74) is -2.32. The minimum atomic E-state index is -3.23. The van der Waals surface area contributed by atoms with Crippen LogP contribution in [-0.4, -0.2) is 73.8 Å². The molecule has 0 aromatic heterocycles. The summed E-state index contributed by atoms with van der Waals surface area (Å²) in [7, 11) is 0. The number of rotatable bonds is 11. The van der Waals surface area contributed by atoms with E-state index >= 15 is 0 Å². The summed E-state index contributed by atoms with van der Waals surface area (Å²) in [5, 5.41) is 53.7. The maximum atomic E-state index is 12.0. The fourth-order valence-electron chi connectivity index (χ4n) is 1.79. The van der Waals surface area contributed by atoms with E-state index in [2.05, 4.69) is 4.74 Å². The Morgan fingerprint density at radius 3 is 1.52 bits per heavy atom. The second kappa shape index (κ2) is 8.38. The molecule has 0 radical (unpaired) electrons. The molecule has 23 heavy (non-hydrogen) atoms. The van der Waals surface area contributed by atoms with Gasteiger partial charge >= 0.3 is 30.0 Å². The first-order chi connectivity index (χ1) is 10.4. The molecule has 0 spiro atoms. The number of nitrogens with one attached hydrogen (secondary N) is 1. The molecule has 0 aliphatic heterocycles. The van der Waals surface area contributed by atoms with E-state index < -0.39 is 67.8 Å². The Balaban J connectivity index is 5.06. The van der Waals surface area contributed by atoms with Crippen molar-refractivity contribution in [2.45, 2.75) is 25.4 Å². The standard InChI is InChI=1S/C11H17NO11/c13-6(14)3-10(4-7(15)16,5-8(17)18)9(19)23-2-1-12-11(20,21)22/h12,20-22H,1-5H2,(H,13,14)(H,15,16)(H,17,18). The molecule has 0 atom stereocenters. The normalized spacial score (nSPS) is 11.8. The number of hydrogen-bond acceptors (Lipinski definition) is 9. The van der Waals surface area contributed by atoms with Crippen LogP contribution in [-0.2, 0) is 23.9 Å². The summed E-state index contributed by atoms with van der Waals surface area (Å²) >= 11 is 0. The lowest BCUT2D eigenvalue weighted by Gasteiger charge is -2.27. The van der Waals surface area contributed by atoms with E-state index in [1.165, 1.54) is 0 Å². The number of esters is 1. The van der Waals surface area contributed by atoms with E-state index in [1.54, 1.807) is 5.32 Å². The second-order valence-corrected chi connectivity index (χ2v) is 4.69. The largest absolute Gasteiger partial charge is 0.481 e. The monoisotopic (exact) mass is 339 g/mol. The molecule has 0 unspecified atom stereocenters. The zero-order valence-corrected chi connectivity index (χ0v) is 11.8. The molecule has 132 valence electrons. The number of carboxylic acid groups (broad SMARTS) is 3. The maximum absolute atomic E-state index is 12.0. The van der Waals surface area contributed by atoms with E-state index in [0.717, 1.165) is 0 Å². The molecule has 0 heterocycles. The molecule has 0 aromatic rings. The van der Waals surface area contributed by atoms with Gasteiger partial charge in [-0.05, 0) is 0 Å². The summed E-state index contributed by atoms with van der Waals surface area (Å²) < 4.78 is 4.58. The summed E-state index contributed by atoms with van der Waals surface area (Å²) in [6, 6.07) is 0. The van der Waals surface area contributed by atoms with E-state index in [9.17, 15) is 19.2 Å². The fourth-order valence-corrected chi connectivity index (χ4v) is 1.79. The van der Waals surface area contributed by atoms with E-state index in [4.69, 9.17) is 30.6 Å². The van der Waals surface area contributed by atoms with Crippen LogP contribution in [0.4, 0.5) is 0 Å². The van der Waals surface area contributed by atoms with Crippen LogP contribution in [0.1, 0.15) is 19.3 Å². The van der Waals surface area contributed by atoms with Crippen molar-refractivity contribution in [3.05, 3.63) is 0 Å². The van der Waals surface area contributed by atoms with Crippen molar-refractivity contribution < 1.29 is 54.6 Å². The lowest BCUT2D eigenvalue weighted by molar-refractivity contribution is -0.331. The van der Waals surface area contributed by atoms with E-state index in [-0.39, 0.29) is 0 Å². The van der Waals surface area contributed by atoms with Crippen molar-refractivity contribution in [3.8, 4) is 0 Å². The zero-order chi connectivity index (χ0) is 18.3. The Morgan fingerprint density at radius 2 is 1.22 bits per heavy atom. The average molecular weight is 339 g/mol. The second-order valence-electron chi connectivity index (χ2n) is 4.69. The lowest BCUT2D eigenvalue weighted by Crippen LogP contribution is -2.47. The summed E-state index contributed by atoms with van der Waals surface area (Å²) in [4.78, 5) is 44.5. The topological polar surface area (TPSA) is 211 Å². The molecule has 0 saturated heterocycles. The van der Waals surface area contributed by atoms with Gasteiger partial charge in [0.25, 0.3) is 0 Å². The Morgan fingerprint density at radius 1 is 0.826 bits per heavy atom. The highest BCUT2D eigenvalue weighted by molar-refractivity contribution is 5.90. The molecule has 12 nitrogen and oxygen atoms in total. The number of carbonyl (C=O) groups is 4. The van der Waals surface area contributed by atoms with Crippen LogP contribution in [0, 0.1) is 5.41 Å². The third-order valence-electron chi connectivity index (χ3n) is 2.60. The maximum Gasteiger partial charge on any atom is 0.343 e. The van der Waals surface area contributed by atoms with Crippen molar-refractivity contribution in [1.29, 1.82) is 0 Å². The van der Waals surface area contributed by atoms with Crippen LogP contribution in [0.2, 0.25) is 0 Å². The van der Waals surface area contributed by atoms with Crippen molar-refractivity contribution in [1.82, 2.24) is 5.32 Å². The van der Waals surface area contributed by atoms with Gasteiger partial charge in [0.05, 0.1) is 24.7 Å². The smallest absolute Gasteiger partial charge is 0.343 e. The van der Waals surface area contributed by atoms with Crippen molar-refractivity contribution in [2.24, 2.45) is 5.41 Å². The molecule has 0 aromatic carbocycles. The molecule has 0 aliphatic rings. The van der Waals surface area contributed by atoms with E-state index in [0.29, 0.717) is 0 Å². The Labute approximate surface area is 128 Å². The van der Waals surface area contributed by atoms with Gasteiger partial charge in [-0.3, -0.25) is 19.2 Å². The molecule has 0 saturated carbocycles. The van der Waals surface area contributed by atoms with Crippen LogP contribution >= 0.6 is 0 Å². The minimum Gasteiger partial charge on any atom is -0.481 e. The van der Waals surface area contributed by atoms with Crippen LogP contribution in [0.3, 0.4) is 0 Å². The SMILES string of the molecule is O=C(O)CC(CC(=O)O)(CC(=O)O)C(=O)OCCNC(O)(O)O. The van der Waals surface area contributed by atoms with Gasteiger partial charge in [0.1, 0.15) is 6.61 Å². The van der Waals surface area contributed by atoms with Gasteiger partial charge in [-0.25, -0.2) is 5.32 Å². The lowest BCUT2D eigenvalue weighted by atomic mass is 9.78. The van der Waals surface area contributed by atoms with Crippen LogP contribution < -0.4 is 5.32 Å². The van der Waals surface area contributed by atoms with Crippen LogP contribution in [0.25, 0.3) is 0 Å². The van der Waals surface area contributed by atoms with Gasteiger partial charge in [0.2, 0.25) is 0 Å². The number of aliphatic carboxylic acids is 3. The first kappa shape index (κ1) is 20.7. The minimum absolute atomic E-state index is 0.488. The first-order valence-corrected chi connectivity index (χ1v) is 6.13. The molecule has 0 fully saturated rings. The van der Waals surface area contributed by atoms with Gasteiger partial charge in [0.15, 0.2) is 0 Å². The van der Waals surface area contributed by atoms with Crippen molar-refractivity contribution in [3.63, 3.8) is 0 Å². The molecular formula is C11H17NO11. The number of carboxylic acids is 3. The Hall–Kier alpha value is -2.28. The average Bonchev–Trinajstić information content (AvgIpc) is 2.30. The molecule has 0 amide bonds. The van der Waals surface area contributed by atoms with Gasteiger partial charge in [-0.15, -0.1) is 0 Å². The van der Waals surface area contributed by atoms with Gasteiger partial charge in [-0.2, -0.15) is 0 Å². The summed E-state index contributed by atoms with van der Waals surface area (Å²) in [5.74, 6) is -6.17. The molecular weight excluding hydrogens is 322 g/mol. The van der Waals surface area contributed by atoms with Crippen LogP contribution in [0.15, 0.2) is 0 Å². The molecule has 12 heteroatoms. The zero-order valence-electron chi connectivity index (χ0n) is 11.8. The van der Waals surface area contributed by atoms with Gasteiger partial charge < -0.3 is 35.4 Å². The fraction of sp³-hybridized carbons (Fsp3) is 0.636. The summed E-state index contributed by atoms with van der Waals surface area (Å²) in [6.45, 7) is -1.10. The van der Waals surface area contributed by atoms with Crippen LogP contribution in [0.5, 0.6) is 0 Å². The highest BCUT2D eigenvalue weighted by atomic mass is 16.7. The third-order valence-corrected chi connectivity index (χ3v) is 2.60. The molecule has 7 N–H and O–H groups in total. The van der Waals surface area contributed by atoms with E-state index in [1.807, 2.05) is 0 Å². The quantitative estimate of drug-likeness (QED) is 0.115. The molecule has 0 aliphatic carbocycles. The summed E-state index contributed by atoms with van der Waals surface area (Å²) in [6.07, 6.45) is -6.47. The number of aliphatic hydroxyl groups is 3. The highest BCUT2D eigenvalue weighted by Crippen LogP contribution is 2.33. The highest BCUT2D eigenvalue weighted by Gasteiger charge is 2.46. The van der Waals surface area contributed by atoms with Crippen molar-refractivity contribution in [2.75, 3.05) is 13.2 Å². The third kappa shape index (κ3) is 8.67.